The van der Waals surface area contributed by atoms with Gasteiger partial charge in [-0.1, -0.05) is 23.2 Å². The molecule has 0 fully saturated rings. The summed E-state index contributed by atoms with van der Waals surface area (Å²) in [5, 5.41) is 0.159. The van der Waals surface area contributed by atoms with Crippen LogP contribution in [-0.2, 0) is 4.79 Å². The molecule has 1 aliphatic carbocycles. The minimum Gasteiger partial charge on any atom is -0.497 e. The van der Waals surface area contributed by atoms with Gasteiger partial charge in [0.2, 0.25) is 0 Å². The van der Waals surface area contributed by atoms with Gasteiger partial charge in [-0.3, -0.25) is 4.79 Å². The summed E-state index contributed by atoms with van der Waals surface area (Å²) in [5.74, 6) is 0.434. The van der Waals surface area contributed by atoms with Gasteiger partial charge in [-0.25, -0.2) is 4.99 Å². The second kappa shape index (κ2) is 5.38. The van der Waals surface area contributed by atoms with Crippen LogP contribution < -0.4 is 4.74 Å². The Balaban J connectivity index is 2.33. The highest BCUT2D eigenvalue weighted by molar-refractivity contribution is 6.58. The first-order valence-corrected chi connectivity index (χ1v) is 5.88. The summed E-state index contributed by atoms with van der Waals surface area (Å²) in [5.41, 5.74) is 1.17. The van der Waals surface area contributed by atoms with Crippen molar-refractivity contribution in [1.82, 2.24) is 0 Å². The van der Waals surface area contributed by atoms with Gasteiger partial charge in [-0.2, -0.15) is 0 Å². The number of nitrogens with zero attached hydrogens (tertiary/aromatic N) is 1. The zero-order valence-corrected chi connectivity index (χ0v) is 11.0. The second-order valence-electron chi connectivity index (χ2n) is 3.52. The monoisotopic (exact) mass is 281 g/mol. The van der Waals surface area contributed by atoms with Crippen LogP contribution >= 0.6 is 23.2 Å². The summed E-state index contributed by atoms with van der Waals surface area (Å²) in [6, 6.07) is 7.15. The second-order valence-corrected chi connectivity index (χ2v) is 4.28. The maximum absolute atomic E-state index is 11.3. The number of ketones is 1. The van der Waals surface area contributed by atoms with Crippen LogP contribution in [0.5, 0.6) is 5.75 Å². The van der Waals surface area contributed by atoms with Gasteiger partial charge in [0.05, 0.1) is 23.5 Å². The number of methoxy groups -OCH3 is 1. The van der Waals surface area contributed by atoms with E-state index in [-0.39, 0.29) is 15.8 Å². The molecule has 0 unspecified atom stereocenters. The fourth-order valence-corrected chi connectivity index (χ4v) is 1.76. The predicted octanol–water partition coefficient (Wildman–Crippen LogP) is 3.60. The van der Waals surface area contributed by atoms with Crippen LogP contribution in [0.2, 0.25) is 0 Å². The van der Waals surface area contributed by atoms with E-state index in [9.17, 15) is 4.79 Å². The van der Waals surface area contributed by atoms with Crippen molar-refractivity contribution in [1.29, 1.82) is 0 Å². The van der Waals surface area contributed by atoms with Crippen molar-refractivity contribution in [2.24, 2.45) is 4.99 Å². The predicted molar refractivity (Wildman–Crippen MR) is 73.0 cm³/mol. The largest absolute Gasteiger partial charge is 0.497 e. The average molecular weight is 282 g/mol. The Kier molecular flexibility index (Phi) is 3.84. The molecule has 1 aromatic rings. The smallest absolute Gasteiger partial charge is 0.198 e. The first kappa shape index (κ1) is 12.9. The molecule has 0 spiro atoms. The number of carbonyl (C=O) groups excluding carboxylic acids is 1. The first-order chi connectivity index (χ1) is 8.61. The molecule has 1 aromatic carbocycles. The minimum atomic E-state index is -0.310. The van der Waals surface area contributed by atoms with Gasteiger partial charge in [0.25, 0.3) is 0 Å². The molecule has 0 aromatic heterocycles. The molecule has 1 aliphatic rings. The van der Waals surface area contributed by atoms with Gasteiger partial charge in [0.1, 0.15) is 10.8 Å². The SMILES string of the molecule is COc1ccc(N=C2C=CC(=O)C(Cl)=C2Cl)cc1. The van der Waals surface area contributed by atoms with E-state index < -0.39 is 0 Å². The Morgan fingerprint density at radius 1 is 1.06 bits per heavy atom. The standard InChI is InChI=1S/C13H9Cl2NO2/c1-18-9-4-2-8(3-5-9)16-10-6-7-11(17)13(15)12(10)14/h2-7H,1H3. The minimum absolute atomic E-state index is 0.00794. The van der Waals surface area contributed by atoms with Crippen molar-refractivity contribution in [2.45, 2.75) is 0 Å². The van der Waals surface area contributed by atoms with Crippen LogP contribution in [0, 0.1) is 0 Å². The topological polar surface area (TPSA) is 38.7 Å². The number of aliphatic imine (C=N–C) groups is 1. The highest BCUT2D eigenvalue weighted by Gasteiger charge is 2.17. The highest BCUT2D eigenvalue weighted by atomic mass is 35.5. The summed E-state index contributed by atoms with van der Waals surface area (Å²) in [4.78, 5) is 15.6. The molecule has 0 saturated carbocycles. The van der Waals surface area contributed by atoms with E-state index in [1.165, 1.54) is 6.08 Å². The number of rotatable bonds is 2. The van der Waals surface area contributed by atoms with Gasteiger partial charge in [-0.05, 0) is 36.4 Å². The maximum Gasteiger partial charge on any atom is 0.198 e. The van der Waals surface area contributed by atoms with Crippen molar-refractivity contribution in [3.63, 3.8) is 0 Å². The molecule has 0 amide bonds. The van der Waals surface area contributed by atoms with Crippen molar-refractivity contribution >= 4 is 40.4 Å². The quantitative estimate of drug-likeness (QED) is 0.777. The Morgan fingerprint density at radius 2 is 1.72 bits per heavy atom. The Labute approximate surface area is 114 Å². The molecule has 5 heteroatoms. The Morgan fingerprint density at radius 3 is 2.33 bits per heavy atom. The van der Waals surface area contributed by atoms with Gasteiger partial charge < -0.3 is 4.74 Å². The molecule has 0 atom stereocenters. The summed E-state index contributed by atoms with van der Waals surface area (Å²) >= 11 is 11.7. The van der Waals surface area contributed by atoms with E-state index in [0.29, 0.717) is 11.4 Å². The van der Waals surface area contributed by atoms with Crippen LogP contribution in [0.3, 0.4) is 0 Å². The first-order valence-electron chi connectivity index (χ1n) is 5.12. The highest BCUT2D eigenvalue weighted by Crippen LogP contribution is 2.25. The summed E-state index contributed by atoms with van der Waals surface area (Å²) < 4.78 is 5.05. The lowest BCUT2D eigenvalue weighted by Crippen LogP contribution is -2.07. The van der Waals surface area contributed by atoms with Gasteiger partial charge >= 0.3 is 0 Å². The molecule has 18 heavy (non-hydrogen) atoms. The van der Waals surface area contributed by atoms with Gasteiger partial charge in [-0.15, -0.1) is 0 Å². The lowest BCUT2D eigenvalue weighted by Gasteiger charge is -2.07. The number of halogens is 2. The molecule has 0 radical (unpaired) electrons. The number of ether oxygens (including phenoxy) is 1. The zero-order valence-electron chi connectivity index (χ0n) is 9.48. The molecule has 0 saturated heterocycles. The van der Waals surface area contributed by atoms with Crippen LogP contribution in [0.4, 0.5) is 5.69 Å². The molecule has 92 valence electrons. The molecular formula is C13H9Cl2NO2. The number of carbonyl (C=O) groups is 1. The van der Waals surface area contributed by atoms with Crippen molar-refractivity contribution < 1.29 is 9.53 Å². The van der Waals surface area contributed by atoms with Crippen molar-refractivity contribution in [3.8, 4) is 5.75 Å². The third kappa shape index (κ3) is 2.63. The van der Waals surface area contributed by atoms with Crippen LogP contribution in [0.1, 0.15) is 0 Å². The summed E-state index contributed by atoms with van der Waals surface area (Å²) in [6.07, 6.45) is 2.89. The van der Waals surface area contributed by atoms with E-state index in [1.807, 2.05) is 0 Å². The normalized spacial score (nSPS) is 17.5. The lowest BCUT2D eigenvalue weighted by molar-refractivity contribution is -0.110. The third-order valence-corrected chi connectivity index (χ3v) is 3.20. The summed E-state index contributed by atoms with van der Waals surface area (Å²) in [7, 11) is 1.59. The van der Waals surface area contributed by atoms with E-state index in [2.05, 4.69) is 4.99 Å². The molecule has 0 N–H and O–H groups in total. The average Bonchev–Trinajstić information content (AvgIpc) is 2.40. The molecule has 0 aliphatic heterocycles. The number of hydrogen-bond acceptors (Lipinski definition) is 3. The third-order valence-electron chi connectivity index (χ3n) is 2.35. The fraction of sp³-hybridized carbons (Fsp3) is 0.0769. The molecule has 0 bridgehead atoms. The van der Waals surface area contributed by atoms with E-state index in [1.54, 1.807) is 37.5 Å². The van der Waals surface area contributed by atoms with Crippen LogP contribution in [0.25, 0.3) is 0 Å². The maximum atomic E-state index is 11.3. The Hall–Kier alpha value is -1.58. The van der Waals surface area contributed by atoms with Crippen molar-refractivity contribution in [2.75, 3.05) is 7.11 Å². The number of benzene rings is 1. The molecular weight excluding hydrogens is 273 g/mol. The van der Waals surface area contributed by atoms with Gasteiger partial charge in [0.15, 0.2) is 5.78 Å². The van der Waals surface area contributed by atoms with Crippen molar-refractivity contribution in [3.05, 3.63) is 46.5 Å². The molecule has 0 heterocycles. The van der Waals surface area contributed by atoms with E-state index in [4.69, 9.17) is 27.9 Å². The zero-order chi connectivity index (χ0) is 13.1. The summed E-state index contributed by atoms with van der Waals surface area (Å²) in [6.45, 7) is 0. The Bertz CT molecular complexity index is 571. The lowest BCUT2D eigenvalue weighted by atomic mass is 10.1. The molecule has 3 nitrogen and oxygen atoms in total. The number of hydrogen-bond donors (Lipinski definition) is 0. The van der Waals surface area contributed by atoms with E-state index in [0.717, 1.165) is 5.75 Å². The number of allylic oxidation sites excluding steroid dienone is 4. The van der Waals surface area contributed by atoms with E-state index >= 15 is 0 Å². The van der Waals surface area contributed by atoms with Gasteiger partial charge in [0, 0.05) is 0 Å². The van der Waals surface area contributed by atoms with Crippen LogP contribution in [-0.4, -0.2) is 18.6 Å². The van der Waals surface area contributed by atoms with Crippen LogP contribution in [0.15, 0.2) is 51.5 Å². The molecule has 2 rings (SSSR count). The fourth-order valence-electron chi connectivity index (χ4n) is 1.40.